The molecule has 3 aromatic carbocycles. The lowest BCUT2D eigenvalue weighted by Crippen LogP contribution is -2.24. The molecule has 0 saturated carbocycles. The third-order valence-corrected chi connectivity index (χ3v) is 6.01. The monoisotopic (exact) mass is 365 g/mol. The molecule has 0 saturated heterocycles. The van der Waals surface area contributed by atoms with Crippen LogP contribution in [0.25, 0.3) is 0 Å². The second-order valence-electron chi connectivity index (χ2n) is 6.96. The molecule has 0 N–H and O–H groups in total. The molecule has 3 aromatic rings. The van der Waals surface area contributed by atoms with Crippen LogP contribution in [-0.4, -0.2) is 12.7 Å². The van der Waals surface area contributed by atoms with Crippen molar-refractivity contribution >= 4 is 10.9 Å². The molecule has 0 radical (unpaired) electrons. The van der Waals surface area contributed by atoms with E-state index in [1.54, 1.807) is 7.11 Å². The molecule has 0 heterocycles. The van der Waals surface area contributed by atoms with Gasteiger partial charge in [-0.05, 0) is 51.1 Å². The zero-order valence-corrected chi connectivity index (χ0v) is 16.5. The van der Waals surface area contributed by atoms with Crippen LogP contribution in [0.2, 0.25) is 0 Å². The first-order valence-electron chi connectivity index (χ1n) is 8.69. The number of ether oxygens (including phenoxy) is 2. The summed E-state index contributed by atoms with van der Waals surface area (Å²) in [5.74, 6) is 1.67. The summed E-state index contributed by atoms with van der Waals surface area (Å²) >= 11 is 0. The minimum absolute atomic E-state index is 0.252. The Kier molecular flexibility index (Phi) is 5.58. The van der Waals surface area contributed by atoms with Crippen LogP contribution in [0.4, 0.5) is 0 Å². The number of rotatable bonds is 5. The van der Waals surface area contributed by atoms with Crippen LogP contribution in [0.5, 0.6) is 11.5 Å². The van der Waals surface area contributed by atoms with Crippen LogP contribution in [0.1, 0.15) is 20.8 Å². The van der Waals surface area contributed by atoms with Gasteiger partial charge in [-0.2, -0.15) is 0 Å². The Morgan fingerprint density at radius 2 is 1.27 bits per heavy atom. The maximum Gasteiger partial charge on any atom is 0.208 e. The quantitative estimate of drug-likeness (QED) is 0.519. The number of benzene rings is 3. The van der Waals surface area contributed by atoms with Crippen LogP contribution >= 0.6 is 0 Å². The van der Waals surface area contributed by atoms with Gasteiger partial charge in [0.05, 0.1) is 7.11 Å². The Balaban J connectivity index is 2.18. The molecule has 0 amide bonds. The predicted molar refractivity (Wildman–Crippen MR) is 108 cm³/mol. The van der Waals surface area contributed by atoms with Crippen molar-refractivity contribution in [1.29, 1.82) is 0 Å². The Morgan fingerprint density at radius 3 is 1.73 bits per heavy atom. The van der Waals surface area contributed by atoms with Gasteiger partial charge in [-0.3, -0.25) is 0 Å². The topological polar surface area (TPSA) is 18.5 Å². The fraction of sp³-hybridized carbons (Fsp3) is 0.217. The lowest BCUT2D eigenvalue weighted by atomic mass is 10.2. The van der Waals surface area contributed by atoms with E-state index in [2.05, 4.69) is 87.5 Å². The van der Waals surface area contributed by atoms with E-state index in [0.717, 1.165) is 16.4 Å². The molecule has 0 aliphatic rings. The van der Waals surface area contributed by atoms with E-state index in [0.29, 0.717) is 0 Å². The van der Waals surface area contributed by atoms with Crippen molar-refractivity contribution in [1.82, 2.24) is 0 Å². The van der Waals surface area contributed by atoms with Crippen molar-refractivity contribution in [3.8, 4) is 11.5 Å². The van der Waals surface area contributed by atoms with Gasteiger partial charge in [-0.15, -0.1) is 0 Å². The summed E-state index contributed by atoms with van der Waals surface area (Å²) in [5, 5.41) is 0. The van der Waals surface area contributed by atoms with Gasteiger partial charge in [0.2, 0.25) is 4.90 Å². The Labute approximate surface area is 159 Å². The molecule has 3 rings (SSSR count). The minimum atomic E-state index is -0.288. The fourth-order valence-corrected chi connectivity index (χ4v) is 4.84. The summed E-state index contributed by atoms with van der Waals surface area (Å²) < 4.78 is 11.8. The standard InChI is InChI=1S/C23H25O2S/c1-23(2,3)25-21-17-18(24-4)15-16-22(21)26(19-11-7-5-8-12-19)20-13-9-6-10-14-20/h5-17H,1-4H3/q+1. The molecule has 0 unspecified atom stereocenters. The molecule has 0 fully saturated rings. The van der Waals surface area contributed by atoms with Crippen molar-refractivity contribution in [2.75, 3.05) is 7.11 Å². The lowest BCUT2D eigenvalue weighted by Gasteiger charge is -2.23. The van der Waals surface area contributed by atoms with E-state index in [1.807, 2.05) is 12.1 Å². The zero-order chi connectivity index (χ0) is 18.6. The van der Waals surface area contributed by atoms with Crippen molar-refractivity contribution < 1.29 is 9.47 Å². The predicted octanol–water partition coefficient (Wildman–Crippen LogP) is 5.97. The summed E-state index contributed by atoms with van der Waals surface area (Å²) in [6.45, 7) is 6.21. The van der Waals surface area contributed by atoms with E-state index in [4.69, 9.17) is 9.47 Å². The second-order valence-corrected chi connectivity index (χ2v) is 8.95. The number of hydrogen-bond donors (Lipinski definition) is 0. The summed E-state index contributed by atoms with van der Waals surface area (Å²) in [7, 11) is 1.43. The highest BCUT2D eigenvalue weighted by atomic mass is 32.2. The van der Waals surface area contributed by atoms with Gasteiger partial charge in [0.25, 0.3) is 0 Å². The average molecular weight is 366 g/mol. The minimum Gasteiger partial charge on any atom is -0.497 e. The fourth-order valence-electron chi connectivity index (χ4n) is 2.70. The van der Waals surface area contributed by atoms with Gasteiger partial charge in [-0.1, -0.05) is 36.4 Å². The molecule has 0 aliphatic carbocycles. The van der Waals surface area contributed by atoms with Crippen LogP contribution in [-0.2, 0) is 10.9 Å². The molecule has 0 atom stereocenters. The molecule has 0 aromatic heterocycles. The molecular weight excluding hydrogens is 340 g/mol. The van der Waals surface area contributed by atoms with Crippen LogP contribution in [0.15, 0.2) is 93.5 Å². The Hall–Kier alpha value is -2.39. The maximum absolute atomic E-state index is 6.33. The van der Waals surface area contributed by atoms with Gasteiger partial charge in [-0.25, -0.2) is 0 Å². The lowest BCUT2D eigenvalue weighted by molar-refractivity contribution is 0.126. The second kappa shape index (κ2) is 7.88. The van der Waals surface area contributed by atoms with Crippen LogP contribution in [0.3, 0.4) is 0 Å². The van der Waals surface area contributed by atoms with Gasteiger partial charge < -0.3 is 9.47 Å². The van der Waals surface area contributed by atoms with E-state index in [-0.39, 0.29) is 16.5 Å². The van der Waals surface area contributed by atoms with E-state index < -0.39 is 0 Å². The largest absolute Gasteiger partial charge is 0.497 e. The third-order valence-electron chi connectivity index (χ3n) is 3.74. The van der Waals surface area contributed by atoms with Crippen molar-refractivity contribution in [3.05, 3.63) is 78.9 Å². The Morgan fingerprint density at radius 1 is 0.731 bits per heavy atom. The van der Waals surface area contributed by atoms with Crippen molar-refractivity contribution in [3.63, 3.8) is 0 Å². The first-order chi connectivity index (χ1) is 12.5. The smallest absolute Gasteiger partial charge is 0.208 e. The Bertz CT molecular complexity index is 800. The molecule has 0 bridgehead atoms. The number of methoxy groups -OCH3 is 1. The van der Waals surface area contributed by atoms with E-state index in [1.165, 1.54) is 9.79 Å². The molecule has 26 heavy (non-hydrogen) atoms. The highest BCUT2D eigenvalue weighted by Crippen LogP contribution is 2.39. The van der Waals surface area contributed by atoms with Gasteiger partial charge in [0.1, 0.15) is 22.2 Å². The van der Waals surface area contributed by atoms with Crippen LogP contribution < -0.4 is 9.47 Å². The normalized spacial score (nSPS) is 11.4. The van der Waals surface area contributed by atoms with Crippen molar-refractivity contribution in [2.24, 2.45) is 0 Å². The molecule has 3 heteroatoms. The number of hydrogen-bond acceptors (Lipinski definition) is 2. The summed E-state index contributed by atoms with van der Waals surface area (Å²) in [5.41, 5.74) is -0.288. The first kappa shape index (κ1) is 18.4. The summed E-state index contributed by atoms with van der Waals surface area (Å²) in [6.07, 6.45) is 0. The van der Waals surface area contributed by atoms with E-state index >= 15 is 0 Å². The zero-order valence-electron chi connectivity index (χ0n) is 15.7. The highest BCUT2D eigenvalue weighted by molar-refractivity contribution is 7.97. The first-order valence-corrected chi connectivity index (χ1v) is 9.92. The van der Waals surface area contributed by atoms with E-state index in [9.17, 15) is 0 Å². The maximum atomic E-state index is 6.33. The summed E-state index contributed by atoms with van der Waals surface area (Å²) in [6, 6.07) is 27.3. The molecule has 0 aliphatic heterocycles. The van der Waals surface area contributed by atoms with Gasteiger partial charge in [0, 0.05) is 12.1 Å². The molecule has 134 valence electrons. The summed E-state index contributed by atoms with van der Waals surface area (Å²) in [4.78, 5) is 3.70. The molecule has 2 nitrogen and oxygen atoms in total. The van der Waals surface area contributed by atoms with Crippen molar-refractivity contribution in [2.45, 2.75) is 41.1 Å². The average Bonchev–Trinajstić information content (AvgIpc) is 2.64. The molecular formula is C23H25O2S+. The van der Waals surface area contributed by atoms with Gasteiger partial charge >= 0.3 is 0 Å². The van der Waals surface area contributed by atoms with Gasteiger partial charge in [0.15, 0.2) is 15.5 Å². The molecule has 0 spiro atoms. The highest BCUT2D eigenvalue weighted by Gasteiger charge is 2.33. The third kappa shape index (κ3) is 4.41. The van der Waals surface area contributed by atoms with Crippen LogP contribution in [0, 0.1) is 0 Å². The SMILES string of the molecule is COc1ccc([S+](c2ccccc2)c2ccccc2)c(OC(C)(C)C)c1.